The Morgan fingerprint density at radius 3 is 1.94 bits per heavy atom. The van der Waals surface area contributed by atoms with Crippen molar-refractivity contribution in [2.45, 2.75) is 10.6 Å². The van der Waals surface area contributed by atoms with Crippen molar-refractivity contribution in [2.75, 3.05) is 0 Å². The van der Waals surface area contributed by atoms with E-state index >= 15 is 0 Å². The molecular weight excluding hydrogens is 240 g/mol. The van der Waals surface area contributed by atoms with Crippen LogP contribution in [0.2, 0.25) is 0 Å². The molecule has 1 unspecified atom stereocenters. The van der Waals surface area contributed by atoms with E-state index in [-0.39, 0.29) is 0 Å². The molecule has 84 valence electrons. The van der Waals surface area contributed by atoms with E-state index in [0.717, 1.165) is 10.5 Å². The van der Waals surface area contributed by atoms with E-state index in [0.29, 0.717) is 5.75 Å². The molecule has 2 aromatic carbocycles. The Kier molecular flexibility index (Phi) is 3.54. The maximum Gasteiger partial charge on any atom is 0.0414 e. The van der Waals surface area contributed by atoms with Crippen LogP contribution in [0.25, 0.3) is 0 Å². The molecule has 1 N–H and O–H groups in total. The highest BCUT2D eigenvalue weighted by molar-refractivity contribution is 8.46. The van der Waals surface area contributed by atoms with Crippen molar-refractivity contribution in [2.24, 2.45) is 0 Å². The Hall–Kier alpha value is -0.960. The van der Waals surface area contributed by atoms with Crippen molar-refractivity contribution >= 4 is 20.2 Å². The van der Waals surface area contributed by atoms with E-state index in [1.807, 2.05) is 60.7 Å². The lowest BCUT2D eigenvalue weighted by molar-refractivity contribution is 0.638. The lowest BCUT2D eigenvalue weighted by atomic mass is 10.2. The van der Waals surface area contributed by atoms with Gasteiger partial charge in [0.05, 0.1) is 0 Å². The zero-order valence-corrected chi connectivity index (χ0v) is 10.3. The predicted octanol–water partition coefficient (Wildman–Crippen LogP) is 4.68. The van der Waals surface area contributed by atoms with Gasteiger partial charge in [0.15, 0.2) is 0 Å². The molecule has 0 spiro atoms. The molecule has 3 heteroatoms. The maximum atomic E-state index is 10.3. The van der Waals surface area contributed by atoms with Gasteiger partial charge in [0.1, 0.15) is 0 Å². The van der Waals surface area contributed by atoms with E-state index in [1.54, 1.807) is 0 Å². The van der Waals surface area contributed by atoms with Crippen LogP contribution in [0.5, 0.6) is 0 Å². The molecule has 0 fully saturated rings. The van der Waals surface area contributed by atoms with Gasteiger partial charge in [-0.2, -0.15) is 0 Å². The standard InChI is InChI=1S/C13H13ClOS/c14-16(15,13-9-5-2-6-10-13)11-12-7-3-1-4-8-12/h1-10,15H,11H2. The summed E-state index contributed by atoms with van der Waals surface area (Å²) in [6.45, 7) is 0. The first-order valence-corrected chi connectivity index (χ1v) is 7.59. The van der Waals surface area contributed by atoms with Crippen LogP contribution in [0.15, 0.2) is 65.6 Å². The molecule has 0 heterocycles. The zero-order valence-electron chi connectivity index (χ0n) is 8.71. The van der Waals surface area contributed by atoms with E-state index in [1.165, 1.54) is 0 Å². The van der Waals surface area contributed by atoms with Gasteiger partial charge >= 0.3 is 0 Å². The molecule has 1 nitrogen and oxygen atoms in total. The van der Waals surface area contributed by atoms with Crippen molar-refractivity contribution in [3.05, 3.63) is 66.2 Å². The average molecular weight is 253 g/mol. The monoisotopic (exact) mass is 252 g/mol. The fourth-order valence-electron chi connectivity index (χ4n) is 1.51. The third kappa shape index (κ3) is 2.79. The van der Waals surface area contributed by atoms with Gasteiger partial charge in [0.2, 0.25) is 0 Å². The van der Waals surface area contributed by atoms with Crippen LogP contribution in [0.1, 0.15) is 5.56 Å². The number of rotatable bonds is 3. The molecule has 0 aliphatic carbocycles. The summed E-state index contributed by atoms with van der Waals surface area (Å²) < 4.78 is 10.3. The summed E-state index contributed by atoms with van der Waals surface area (Å²) in [5.74, 6) is 0.486. The van der Waals surface area contributed by atoms with Gasteiger partial charge < -0.3 is 4.55 Å². The van der Waals surface area contributed by atoms with Gasteiger partial charge in [-0.05, 0) is 37.9 Å². The van der Waals surface area contributed by atoms with Crippen LogP contribution in [0.3, 0.4) is 0 Å². The highest BCUT2D eigenvalue weighted by Gasteiger charge is 2.20. The minimum Gasteiger partial charge on any atom is -0.333 e. The topological polar surface area (TPSA) is 20.2 Å². The summed E-state index contributed by atoms with van der Waals surface area (Å²) in [6.07, 6.45) is 0. The van der Waals surface area contributed by atoms with Gasteiger partial charge in [0.25, 0.3) is 0 Å². The van der Waals surface area contributed by atoms with Crippen LogP contribution >= 0.6 is 20.2 Å². The van der Waals surface area contributed by atoms with Crippen molar-refractivity contribution in [1.82, 2.24) is 0 Å². The minimum absolute atomic E-state index is 0.486. The summed E-state index contributed by atoms with van der Waals surface area (Å²) >= 11 is 0. The van der Waals surface area contributed by atoms with Crippen molar-refractivity contribution < 1.29 is 4.55 Å². The lowest BCUT2D eigenvalue weighted by Gasteiger charge is -2.26. The fraction of sp³-hybridized carbons (Fsp3) is 0.0769. The van der Waals surface area contributed by atoms with Crippen LogP contribution in [-0.2, 0) is 5.75 Å². The van der Waals surface area contributed by atoms with Gasteiger partial charge in [-0.3, -0.25) is 0 Å². The Balaban J connectivity index is 2.21. The highest BCUT2D eigenvalue weighted by atomic mass is 35.7. The second-order valence-electron chi connectivity index (χ2n) is 3.56. The van der Waals surface area contributed by atoms with E-state index in [9.17, 15) is 4.55 Å². The van der Waals surface area contributed by atoms with Crippen LogP contribution in [-0.4, -0.2) is 4.55 Å². The quantitative estimate of drug-likeness (QED) is 0.841. The van der Waals surface area contributed by atoms with Crippen LogP contribution in [0, 0.1) is 0 Å². The Morgan fingerprint density at radius 1 is 0.875 bits per heavy atom. The summed E-state index contributed by atoms with van der Waals surface area (Å²) in [5, 5.41) is 0. The van der Waals surface area contributed by atoms with Crippen LogP contribution in [0.4, 0.5) is 0 Å². The van der Waals surface area contributed by atoms with Crippen LogP contribution < -0.4 is 0 Å². The maximum absolute atomic E-state index is 10.3. The smallest absolute Gasteiger partial charge is 0.0414 e. The van der Waals surface area contributed by atoms with Gasteiger partial charge in [-0.25, -0.2) is 0 Å². The number of hydrogen-bond acceptors (Lipinski definition) is 1. The summed E-state index contributed by atoms with van der Waals surface area (Å²) in [5.41, 5.74) is 1.05. The number of benzene rings is 2. The van der Waals surface area contributed by atoms with Gasteiger partial charge in [-0.15, -0.1) is 0 Å². The fourth-order valence-corrected chi connectivity index (χ4v) is 3.57. The van der Waals surface area contributed by atoms with E-state index in [4.69, 9.17) is 10.7 Å². The molecule has 0 bridgehead atoms. The molecular formula is C13H13ClOS. The van der Waals surface area contributed by atoms with Gasteiger partial charge in [0, 0.05) is 10.6 Å². The highest BCUT2D eigenvalue weighted by Crippen LogP contribution is 2.59. The summed E-state index contributed by atoms with van der Waals surface area (Å²) in [6, 6.07) is 19.2. The second-order valence-corrected chi connectivity index (χ2v) is 7.09. The van der Waals surface area contributed by atoms with Crippen molar-refractivity contribution in [3.63, 3.8) is 0 Å². The Labute approximate surface area is 102 Å². The second kappa shape index (κ2) is 4.91. The van der Waals surface area contributed by atoms with Crippen molar-refractivity contribution in [1.29, 1.82) is 0 Å². The molecule has 0 saturated carbocycles. The molecule has 0 radical (unpaired) electrons. The number of hydrogen-bond donors (Lipinski definition) is 1. The molecule has 0 amide bonds. The van der Waals surface area contributed by atoms with Crippen molar-refractivity contribution in [3.8, 4) is 0 Å². The normalized spacial score (nSPS) is 16.4. The molecule has 0 saturated heterocycles. The molecule has 0 aromatic heterocycles. The van der Waals surface area contributed by atoms with E-state index < -0.39 is 9.52 Å². The lowest BCUT2D eigenvalue weighted by Crippen LogP contribution is -1.96. The predicted molar refractivity (Wildman–Crippen MR) is 70.9 cm³/mol. The summed E-state index contributed by atoms with van der Waals surface area (Å²) in [7, 11) is 3.99. The molecule has 2 rings (SSSR count). The Bertz CT molecular complexity index is 442. The minimum atomic E-state index is -2.24. The number of halogens is 1. The molecule has 0 aliphatic heterocycles. The molecule has 0 aliphatic rings. The third-order valence-electron chi connectivity index (χ3n) is 2.31. The summed E-state index contributed by atoms with van der Waals surface area (Å²) in [4.78, 5) is 0.806. The average Bonchev–Trinajstić information content (AvgIpc) is 2.31. The third-order valence-corrected chi connectivity index (χ3v) is 4.88. The first-order chi connectivity index (χ1) is 7.68. The van der Waals surface area contributed by atoms with Gasteiger partial charge in [-0.1, -0.05) is 48.5 Å². The molecule has 1 atom stereocenters. The molecule has 16 heavy (non-hydrogen) atoms. The first kappa shape index (κ1) is 11.5. The largest absolute Gasteiger partial charge is 0.333 e. The van der Waals surface area contributed by atoms with E-state index in [2.05, 4.69) is 0 Å². The molecule has 2 aromatic rings. The SMILES string of the molecule is OS(Cl)(Cc1ccccc1)c1ccccc1. The zero-order chi connectivity index (χ0) is 11.4. The Morgan fingerprint density at radius 2 is 1.38 bits per heavy atom. The first-order valence-electron chi connectivity index (χ1n) is 5.00.